The Hall–Kier alpha value is -3.12. The minimum atomic E-state index is -0.235. The first-order chi connectivity index (χ1) is 13.0. The highest BCUT2D eigenvalue weighted by atomic mass is 16.5. The minimum absolute atomic E-state index is 0.228. The number of H-pyrrole nitrogens is 1. The third kappa shape index (κ3) is 2.37. The van der Waals surface area contributed by atoms with Crippen LogP contribution in [0.1, 0.15) is 37.4 Å². The summed E-state index contributed by atoms with van der Waals surface area (Å²) < 4.78 is 11.3. The monoisotopic (exact) mass is 364 g/mol. The number of rotatable bonds is 4. The van der Waals surface area contributed by atoms with Gasteiger partial charge in [0.2, 0.25) is 0 Å². The second kappa shape index (κ2) is 6.25. The molecule has 6 nitrogen and oxygen atoms in total. The van der Waals surface area contributed by atoms with Gasteiger partial charge in [0.05, 0.1) is 36.2 Å². The number of nitrogens with zero attached hydrogens (tertiary/aromatic N) is 1. The zero-order valence-electron chi connectivity index (χ0n) is 15.7. The number of nitrogens with one attached hydrogen (secondary N) is 1. The van der Waals surface area contributed by atoms with E-state index >= 15 is 0 Å². The van der Waals surface area contributed by atoms with Crippen LogP contribution >= 0.6 is 0 Å². The average molecular weight is 364 g/mol. The van der Waals surface area contributed by atoms with E-state index in [-0.39, 0.29) is 22.7 Å². The first kappa shape index (κ1) is 17.3. The molecule has 0 spiro atoms. The number of carbonyl (C=O) groups is 2. The Bertz CT molecular complexity index is 1100. The summed E-state index contributed by atoms with van der Waals surface area (Å²) in [7, 11) is 6.95. The first-order valence-corrected chi connectivity index (χ1v) is 8.60. The van der Waals surface area contributed by atoms with Crippen molar-refractivity contribution in [2.45, 2.75) is 6.54 Å². The Kier molecular flexibility index (Phi) is 4.00. The maximum absolute atomic E-state index is 13.3. The van der Waals surface area contributed by atoms with Crippen LogP contribution in [0.15, 0.2) is 30.5 Å². The summed E-state index contributed by atoms with van der Waals surface area (Å²) >= 11 is 0. The van der Waals surface area contributed by atoms with Gasteiger partial charge < -0.3 is 19.4 Å². The topological polar surface area (TPSA) is 71.6 Å². The van der Waals surface area contributed by atoms with Crippen molar-refractivity contribution < 1.29 is 19.1 Å². The van der Waals surface area contributed by atoms with Gasteiger partial charge >= 0.3 is 0 Å². The van der Waals surface area contributed by atoms with E-state index in [1.54, 1.807) is 24.3 Å². The van der Waals surface area contributed by atoms with Crippen molar-refractivity contribution >= 4 is 22.5 Å². The van der Waals surface area contributed by atoms with Crippen LogP contribution in [0.2, 0.25) is 0 Å². The Morgan fingerprint density at radius 2 is 1.48 bits per heavy atom. The number of hydrogen-bond donors (Lipinski definition) is 1. The molecule has 0 saturated carbocycles. The highest BCUT2D eigenvalue weighted by Crippen LogP contribution is 2.46. The van der Waals surface area contributed by atoms with E-state index in [0.717, 1.165) is 10.9 Å². The normalized spacial score (nSPS) is 13.1. The van der Waals surface area contributed by atoms with E-state index in [9.17, 15) is 9.59 Å². The van der Waals surface area contributed by atoms with Crippen molar-refractivity contribution in [2.24, 2.45) is 0 Å². The number of hydrogen-bond acceptors (Lipinski definition) is 5. The number of fused-ring (bicyclic) bond motifs is 3. The van der Waals surface area contributed by atoms with Gasteiger partial charge in [-0.3, -0.25) is 9.59 Å². The van der Waals surface area contributed by atoms with Crippen molar-refractivity contribution in [3.05, 3.63) is 58.3 Å². The number of methoxy groups -OCH3 is 2. The fraction of sp³-hybridized carbons (Fsp3) is 0.238. The van der Waals surface area contributed by atoms with E-state index in [2.05, 4.69) is 4.98 Å². The van der Waals surface area contributed by atoms with Gasteiger partial charge in [-0.25, -0.2) is 0 Å². The molecule has 0 bridgehead atoms. The van der Waals surface area contributed by atoms with Crippen LogP contribution in [0.3, 0.4) is 0 Å². The van der Waals surface area contributed by atoms with Gasteiger partial charge in [0.25, 0.3) is 0 Å². The van der Waals surface area contributed by atoms with Crippen LogP contribution in [-0.2, 0) is 6.54 Å². The lowest BCUT2D eigenvalue weighted by Crippen LogP contribution is -2.23. The van der Waals surface area contributed by atoms with Crippen LogP contribution in [-0.4, -0.2) is 49.8 Å². The van der Waals surface area contributed by atoms with Crippen LogP contribution < -0.4 is 9.47 Å². The van der Waals surface area contributed by atoms with Crippen LogP contribution in [0.5, 0.6) is 11.5 Å². The summed E-state index contributed by atoms with van der Waals surface area (Å²) in [5, 5.41) is 0.766. The smallest absolute Gasteiger partial charge is 0.198 e. The molecule has 138 valence electrons. The molecule has 1 aromatic heterocycles. The third-order valence-corrected chi connectivity index (χ3v) is 4.89. The van der Waals surface area contributed by atoms with Gasteiger partial charge in [-0.15, -0.1) is 0 Å². The van der Waals surface area contributed by atoms with Crippen LogP contribution in [0.4, 0.5) is 0 Å². The molecule has 1 N–H and O–H groups in total. The minimum Gasteiger partial charge on any atom is -0.495 e. The largest absolute Gasteiger partial charge is 0.495 e. The first-order valence-electron chi connectivity index (χ1n) is 8.60. The highest BCUT2D eigenvalue weighted by molar-refractivity contribution is 6.32. The van der Waals surface area contributed by atoms with Crippen molar-refractivity contribution in [3.8, 4) is 11.5 Å². The van der Waals surface area contributed by atoms with Gasteiger partial charge in [-0.05, 0) is 19.7 Å². The number of aromatic nitrogens is 1. The zero-order valence-corrected chi connectivity index (χ0v) is 15.7. The number of ketones is 2. The summed E-state index contributed by atoms with van der Waals surface area (Å²) in [6.45, 7) is 0.650. The predicted octanol–water partition coefficient (Wildman–Crippen LogP) is 3.02. The Balaban J connectivity index is 2.14. The number of benzene rings is 2. The fourth-order valence-electron chi connectivity index (χ4n) is 3.84. The maximum Gasteiger partial charge on any atom is 0.198 e. The van der Waals surface area contributed by atoms with E-state index in [4.69, 9.17) is 9.47 Å². The maximum atomic E-state index is 13.3. The summed E-state index contributed by atoms with van der Waals surface area (Å²) in [4.78, 5) is 31.7. The Morgan fingerprint density at radius 1 is 0.926 bits per heavy atom. The molecular weight excluding hydrogens is 344 g/mol. The van der Waals surface area contributed by atoms with Crippen molar-refractivity contribution in [1.82, 2.24) is 9.88 Å². The van der Waals surface area contributed by atoms with Crippen LogP contribution in [0.25, 0.3) is 10.9 Å². The highest BCUT2D eigenvalue weighted by Gasteiger charge is 2.37. The lowest BCUT2D eigenvalue weighted by Gasteiger charge is -2.23. The van der Waals surface area contributed by atoms with E-state index in [0.29, 0.717) is 34.7 Å². The molecular formula is C21H20N2O4. The molecule has 2 aromatic carbocycles. The molecule has 0 unspecified atom stereocenters. The summed E-state index contributed by atoms with van der Waals surface area (Å²) in [5.41, 5.74) is 2.92. The molecule has 0 aliphatic heterocycles. The molecule has 27 heavy (non-hydrogen) atoms. The van der Waals surface area contributed by atoms with Crippen LogP contribution in [0, 0.1) is 0 Å². The molecule has 0 fully saturated rings. The van der Waals surface area contributed by atoms with Gasteiger partial charge in [-0.1, -0.05) is 24.3 Å². The summed E-state index contributed by atoms with van der Waals surface area (Å²) in [6, 6.07) is 6.85. The van der Waals surface area contributed by atoms with Crippen molar-refractivity contribution in [1.29, 1.82) is 0 Å². The zero-order chi connectivity index (χ0) is 19.3. The van der Waals surface area contributed by atoms with E-state index < -0.39 is 0 Å². The standard InChI is InChI=1S/C21H20N2O4/c1-23(2)10-11-9-22-17-14(11)20(26-3)15-16(21(17)27-4)19(25)13-8-6-5-7-12(13)18(15)24/h5-9,22H,10H2,1-4H3. The molecule has 6 heteroatoms. The lowest BCUT2D eigenvalue weighted by atomic mass is 9.82. The average Bonchev–Trinajstić information content (AvgIpc) is 3.07. The number of ether oxygens (including phenoxy) is 2. The summed E-state index contributed by atoms with van der Waals surface area (Å²) in [6.07, 6.45) is 1.86. The van der Waals surface area contributed by atoms with Gasteiger partial charge in [-0.2, -0.15) is 0 Å². The molecule has 1 aliphatic rings. The molecule has 3 aromatic rings. The van der Waals surface area contributed by atoms with E-state index in [1.165, 1.54) is 14.2 Å². The third-order valence-electron chi connectivity index (χ3n) is 4.89. The Morgan fingerprint density at radius 3 is 2.00 bits per heavy atom. The molecule has 0 atom stereocenters. The predicted molar refractivity (Wildman–Crippen MR) is 102 cm³/mol. The molecule has 0 radical (unpaired) electrons. The fourth-order valence-corrected chi connectivity index (χ4v) is 3.84. The summed E-state index contributed by atoms with van der Waals surface area (Å²) in [5.74, 6) is 0.320. The quantitative estimate of drug-likeness (QED) is 0.603. The lowest BCUT2D eigenvalue weighted by molar-refractivity contribution is 0.0974. The Labute approximate surface area is 156 Å². The van der Waals surface area contributed by atoms with Gasteiger partial charge in [0, 0.05) is 23.9 Å². The second-order valence-electron chi connectivity index (χ2n) is 6.82. The van der Waals surface area contributed by atoms with Gasteiger partial charge in [0.1, 0.15) is 5.75 Å². The molecule has 1 aliphatic carbocycles. The number of aromatic amines is 1. The number of carbonyl (C=O) groups excluding carboxylic acids is 2. The van der Waals surface area contributed by atoms with Crippen molar-refractivity contribution in [3.63, 3.8) is 0 Å². The molecule has 0 amide bonds. The van der Waals surface area contributed by atoms with E-state index in [1.807, 2.05) is 25.2 Å². The van der Waals surface area contributed by atoms with Crippen molar-refractivity contribution in [2.75, 3.05) is 28.3 Å². The molecule has 4 rings (SSSR count). The molecule has 1 heterocycles. The molecule has 0 saturated heterocycles. The second-order valence-corrected chi connectivity index (χ2v) is 6.82. The SMILES string of the molecule is COc1c2c(c(OC)c3c(CN(C)C)c[nH]c13)C(=O)c1ccccc1C2=O. The van der Waals surface area contributed by atoms with Gasteiger partial charge in [0.15, 0.2) is 17.3 Å².